The third kappa shape index (κ3) is 2.77. The normalized spacial score (nSPS) is 20.9. The van der Waals surface area contributed by atoms with Crippen LogP contribution in [0.25, 0.3) is 0 Å². The minimum absolute atomic E-state index is 0.0146. The molecule has 4 rings (SSSR count). The molecule has 0 radical (unpaired) electrons. The average Bonchev–Trinajstić information content (AvgIpc) is 3.35. The van der Waals surface area contributed by atoms with Crippen molar-refractivity contribution in [2.75, 3.05) is 5.32 Å². The first-order valence-electron chi connectivity index (χ1n) is 8.73. The summed E-state index contributed by atoms with van der Waals surface area (Å²) in [6.45, 7) is 0. The monoisotopic (exact) mass is 327 g/mol. The van der Waals surface area contributed by atoms with Crippen molar-refractivity contribution in [1.82, 2.24) is 10.2 Å². The largest absolute Gasteiger partial charge is 0.335 e. The van der Waals surface area contributed by atoms with E-state index in [2.05, 4.69) is 10.6 Å². The second kappa shape index (κ2) is 5.92. The van der Waals surface area contributed by atoms with Crippen molar-refractivity contribution in [3.05, 3.63) is 29.3 Å². The summed E-state index contributed by atoms with van der Waals surface area (Å²) in [4.78, 5) is 38.6. The van der Waals surface area contributed by atoms with Crippen molar-refractivity contribution in [3.8, 4) is 0 Å². The molecule has 1 aliphatic heterocycles. The van der Waals surface area contributed by atoms with Gasteiger partial charge in [0.05, 0.1) is 11.1 Å². The minimum Gasteiger partial charge on any atom is -0.335 e. The van der Waals surface area contributed by atoms with Gasteiger partial charge in [-0.05, 0) is 43.9 Å². The second-order valence-electron chi connectivity index (χ2n) is 6.91. The van der Waals surface area contributed by atoms with Crippen LogP contribution in [0.15, 0.2) is 18.2 Å². The highest BCUT2D eigenvalue weighted by molar-refractivity contribution is 6.22. The lowest BCUT2D eigenvalue weighted by Crippen LogP contribution is -2.40. The van der Waals surface area contributed by atoms with Gasteiger partial charge in [0.2, 0.25) is 0 Å². The van der Waals surface area contributed by atoms with Gasteiger partial charge in [-0.15, -0.1) is 0 Å². The molecule has 6 heteroatoms. The van der Waals surface area contributed by atoms with Gasteiger partial charge >= 0.3 is 6.03 Å². The summed E-state index contributed by atoms with van der Waals surface area (Å²) < 4.78 is 0. The summed E-state index contributed by atoms with van der Waals surface area (Å²) in [7, 11) is 0. The lowest BCUT2D eigenvalue weighted by Gasteiger charge is -2.29. The number of fused-ring (bicyclic) bond motifs is 1. The Morgan fingerprint density at radius 1 is 0.958 bits per heavy atom. The summed E-state index contributed by atoms with van der Waals surface area (Å²) in [5.41, 5.74) is 1.38. The molecular formula is C18H21N3O3. The van der Waals surface area contributed by atoms with Gasteiger partial charge in [-0.2, -0.15) is 0 Å². The molecule has 0 aromatic heterocycles. The van der Waals surface area contributed by atoms with Crippen molar-refractivity contribution < 1.29 is 14.4 Å². The molecule has 0 bridgehead atoms. The van der Waals surface area contributed by atoms with Crippen molar-refractivity contribution in [2.45, 2.75) is 57.0 Å². The van der Waals surface area contributed by atoms with Gasteiger partial charge in [-0.1, -0.05) is 19.3 Å². The molecule has 24 heavy (non-hydrogen) atoms. The van der Waals surface area contributed by atoms with Crippen LogP contribution in [-0.4, -0.2) is 34.8 Å². The third-order valence-electron chi connectivity index (χ3n) is 5.03. The number of hydrogen-bond acceptors (Lipinski definition) is 3. The predicted molar refractivity (Wildman–Crippen MR) is 89.0 cm³/mol. The number of imide groups is 1. The fourth-order valence-electron chi connectivity index (χ4n) is 3.59. The van der Waals surface area contributed by atoms with Crippen LogP contribution in [0.5, 0.6) is 0 Å². The van der Waals surface area contributed by atoms with Gasteiger partial charge < -0.3 is 10.6 Å². The van der Waals surface area contributed by atoms with E-state index in [1.807, 2.05) is 0 Å². The number of rotatable bonds is 3. The van der Waals surface area contributed by atoms with E-state index in [0.29, 0.717) is 16.8 Å². The van der Waals surface area contributed by atoms with Gasteiger partial charge in [0, 0.05) is 17.8 Å². The van der Waals surface area contributed by atoms with E-state index >= 15 is 0 Å². The van der Waals surface area contributed by atoms with Crippen LogP contribution in [-0.2, 0) is 0 Å². The first kappa shape index (κ1) is 15.2. The molecule has 2 aliphatic carbocycles. The standard InChI is InChI=1S/C18H21N3O3/c22-16-14-9-8-12(20-18(24)19-11-6-7-11)10-15(14)17(23)21(16)13-4-2-1-3-5-13/h8-11,13H,1-7H2,(H2,19,20,24). The second-order valence-corrected chi connectivity index (χ2v) is 6.91. The molecule has 0 atom stereocenters. The Bertz CT molecular complexity index is 705. The fourth-order valence-corrected chi connectivity index (χ4v) is 3.59. The van der Waals surface area contributed by atoms with Crippen molar-refractivity contribution in [3.63, 3.8) is 0 Å². The highest BCUT2D eigenvalue weighted by atomic mass is 16.2. The Hall–Kier alpha value is -2.37. The maximum Gasteiger partial charge on any atom is 0.319 e. The number of carbonyl (C=O) groups excluding carboxylic acids is 3. The SMILES string of the molecule is O=C(Nc1ccc2c(c1)C(=O)N(C1CCCCC1)C2=O)NC1CC1. The molecule has 2 N–H and O–H groups in total. The Morgan fingerprint density at radius 2 is 1.67 bits per heavy atom. The first-order chi connectivity index (χ1) is 11.6. The van der Waals surface area contributed by atoms with E-state index in [-0.39, 0.29) is 29.9 Å². The molecule has 6 nitrogen and oxygen atoms in total. The molecular weight excluding hydrogens is 306 g/mol. The van der Waals surface area contributed by atoms with Crippen LogP contribution < -0.4 is 10.6 Å². The lowest BCUT2D eigenvalue weighted by atomic mass is 9.94. The number of anilines is 1. The van der Waals surface area contributed by atoms with Crippen LogP contribution in [0.3, 0.4) is 0 Å². The highest BCUT2D eigenvalue weighted by Crippen LogP contribution is 2.32. The molecule has 4 amide bonds. The molecule has 3 aliphatic rings. The van der Waals surface area contributed by atoms with Crippen molar-refractivity contribution in [1.29, 1.82) is 0 Å². The molecule has 1 heterocycles. The number of urea groups is 1. The van der Waals surface area contributed by atoms with E-state index in [0.717, 1.165) is 38.5 Å². The highest BCUT2D eigenvalue weighted by Gasteiger charge is 2.40. The molecule has 0 saturated heterocycles. The van der Waals surface area contributed by atoms with Crippen LogP contribution in [0, 0.1) is 0 Å². The minimum atomic E-state index is -0.265. The van der Waals surface area contributed by atoms with E-state index < -0.39 is 0 Å². The van der Waals surface area contributed by atoms with Gasteiger partial charge in [0.25, 0.3) is 11.8 Å². The smallest absolute Gasteiger partial charge is 0.319 e. The lowest BCUT2D eigenvalue weighted by molar-refractivity contribution is 0.0549. The Kier molecular flexibility index (Phi) is 3.75. The van der Waals surface area contributed by atoms with E-state index in [1.165, 1.54) is 11.3 Å². The van der Waals surface area contributed by atoms with Crippen LogP contribution in [0.2, 0.25) is 0 Å². The van der Waals surface area contributed by atoms with Crippen LogP contribution in [0.1, 0.15) is 65.7 Å². The molecule has 0 spiro atoms. The molecule has 2 fully saturated rings. The number of nitrogens with zero attached hydrogens (tertiary/aromatic N) is 1. The van der Waals surface area contributed by atoms with Crippen LogP contribution in [0.4, 0.5) is 10.5 Å². The number of benzene rings is 1. The Balaban J connectivity index is 1.52. The Labute approximate surface area is 140 Å². The summed E-state index contributed by atoms with van der Waals surface area (Å²) in [5.74, 6) is -0.427. The van der Waals surface area contributed by atoms with Gasteiger partial charge in [-0.3, -0.25) is 14.5 Å². The van der Waals surface area contributed by atoms with Crippen molar-refractivity contribution >= 4 is 23.5 Å². The zero-order valence-electron chi connectivity index (χ0n) is 13.5. The van der Waals surface area contributed by atoms with Crippen LogP contribution >= 0.6 is 0 Å². The van der Waals surface area contributed by atoms with Gasteiger partial charge in [0.15, 0.2) is 0 Å². The topological polar surface area (TPSA) is 78.5 Å². The van der Waals surface area contributed by atoms with E-state index in [9.17, 15) is 14.4 Å². The van der Waals surface area contributed by atoms with E-state index in [1.54, 1.807) is 18.2 Å². The number of nitrogens with one attached hydrogen (secondary N) is 2. The zero-order chi connectivity index (χ0) is 16.7. The maximum atomic E-state index is 12.7. The number of carbonyl (C=O) groups is 3. The third-order valence-corrected chi connectivity index (χ3v) is 5.03. The Morgan fingerprint density at radius 3 is 2.38 bits per heavy atom. The quantitative estimate of drug-likeness (QED) is 0.838. The van der Waals surface area contributed by atoms with Gasteiger partial charge in [-0.25, -0.2) is 4.79 Å². The maximum absolute atomic E-state index is 12.7. The molecule has 2 saturated carbocycles. The average molecular weight is 327 g/mol. The molecule has 1 aromatic rings. The molecule has 126 valence electrons. The van der Waals surface area contributed by atoms with Gasteiger partial charge in [0.1, 0.15) is 0 Å². The molecule has 1 aromatic carbocycles. The summed E-state index contributed by atoms with van der Waals surface area (Å²) >= 11 is 0. The fraction of sp³-hybridized carbons (Fsp3) is 0.500. The summed E-state index contributed by atoms with van der Waals surface area (Å²) in [6, 6.07) is 4.96. The van der Waals surface area contributed by atoms with E-state index in [4.69, 9.17) is 0 Å². The molecule has 0 unspecified atom stereocenters. The number of amides is 4. The van der Waals surface area contributed by atoms with Crippen molar-refractivity contribution in [2.24, 2.45) is 0 Å². The number of hydrogen-bond donors (Lipinski definition) is 2. The zero-order valence-corrected chi connectivity index (χ0v) is 13.5. The predicted octanol–water partition coefficient (Wildman–Crippen LogP) is 2.90. The first-order valence-corrected chi connectivity index (χ1v) is 8.73. The summed E-state index contributed by atoms with van der Waals surface area (Å²) in [5, 5.41) is 5.58. The summed E-state index contributed by atoms with van der Waals surface area (Å²) in [6.07, 6.45) is 7.10.